The number of fused-ring (bicyclic) bond motifs is 2. The van der Waals surface area contributed by atoms with Crippen LogP contribution >= 0.6 is 0 Å². The van der Waals surface area contributed by atoms with Crippen molar-refractivity contribution in [1.29, 1.82) is 0 Å². The first-order valence-electron chi connectivity index (χ1n) is 3.76. The molecule has 2 bridgehead atoms. The summed E-state index contributed by atoms with van der Waals surface area (Å²) in [5.41, 5.74) is 0. The summed E-state index contributed by atoms with van der Waals surface area (Å²) in [6.07, 6.45) is 2.49. The molecule has 1 heterocycles. The van der Waals surface area contributed by atoms with Gasteiger partial charge in [-0.3, -0.25) is 0 Å². The van der Waals surface area contributed by atoms with Crippen LogP contribution in [0.25, 0.3) is 0 Å². The highest BCUT2D eigenvalue weighted by Crippen LogP contribution is 2.32. The second kappa shape index (κ2) is 1.96. The molecule has 2 rings (SSSR count). The third-order valence-corrected chi connectivity index (χ3v) is 2.69. The molecule has 1 saturated heterocycles. The van der Waals surface area contributed by atoms with Gasteiger partial charge >= 0.3 is 0 Å². The standard InChI is InChI=1S/C7H13NO/c9-7-5-1-2-6(7)4-8-3-5/h5-9H,1-4H2/t5-,6-/m1/s1. The minimum Gasteiger partial charge on any atom is -0.392 e. The van der Waals surface area contributed by atoms with Crippen LogP contribution in [0.5, 0.6) is 0 Å². The molecule has 0 aromatic rings. The van der Waals surface area contributed by atoms with Crippen molar-refractivity contribution in [3.8, 4) is 0 Å². The predicted molar refractivity (Wildman–Crippen MR) is 35.1 cm³/mol. The molecule has 2 aliphatic rings. The molecule has 2 nitrogen and oxygen atoms in total. The number of hydrogen-bond acceptors (Lipinski definition) is 2. The highest BCUT2D eigenvalue weighted by molar-refractivity contribution is 4.90. The topological polar surface area (TPSA) is 32.3 Å². The highest BCUT2D eigenvalue weighted by atomic mass is 16.3. The van der Waals surface area contributed by atoms with E-state index in [0.717, 1.165) is 13.1 Å². The fraction of sp³-hybridized carbons (Fsp3) is 1.00. The Morgan fingerprint density at radius 1 is 1.11 bits per heavy atom. The average Bonchev–Trinajstić information content (AvgIpc) is 2.19. The molecule has 2 heteroatoms. The van der Waals surface area contributed by atoms with Gasteiger partial charge in [-0.05, 0) is 24.7 Å². The van der Waals surface area contributed by atoms with Crippen LogP contribution in [0.3, 0.4) is 0 Å². The van der Waals surface area contributed by atoms with Crippen LogP contribution in [0.15, 0.2) is 0 Å². The lowest BCUT2D eigenvalue weighted by molar-refractivity contribution is 0.0700. The summed E-state index contributed by atoms with van der Waals surface area (Å²) >= 11 is 0. The van der Waals surface area contributed by atoms with E-state index in [1.54, 1.807) is 0 Å². The van der Waals surface area contributed by atoms with Crippen molar-refractivity contribution >= 4 is 0 Å². The van der Waals surface area contributed by atoms with Crippen molar-refractivity contribution in [2.45, 2.75) is 18.9 Å². The first-order chi connectivity index (χ1) is 4.38. The van der Waals surface area contributed by atoms with Crippen LogP contribution in [-0.4, -0.2) is 24.3 Å². The zero-order valence-corrected chi connectivity index (χ0v) is 5.51. The van der Waals surface area contributed by atoms with E-state index < -0.39 is 0 Å². The van der Waals surface area contributed by atoms with Gasteiger partial charge in [-0.15, -0.1) is 0 Å². The summed E-state index contributed by atoms with van der Waals surface area (Å²) in [5, 5.41) is 12.8. The Hall–Kier alpha value is -0.0800. The third-order valence-electron chi connectivity index (χ3n) is 2.69. The van der Waals surface area contributed by atoms with Crippen LogP contribution in [-0.2, 0) is 0 Å². The molecule has 0 aromatic carbocycles. The smallest absolute Gasteiger partial charge is 0.0620 e. The molecular formula is C7H13NO. The Morgan fingerprint density at radius 3 is 2.11 bits per heavy atom. The summed E-state index contributed by atoms with van der Waals surface area (Å²) in [6.45, 7) is 2.08. The lowest BCUT2D eigenvalue weighted by Gasteiger charge is -2.25. The van der Waals surface area contributed by atoms with E-state index in [4.69, 9.17) is 0 Å². The van der Waals surface area contributed by atoms with Gasteiger partial charge in [0.1, 0.15) is 0 Å². The Morgan fingerprint density at radius 2 is 1.67 bits per heavy atom. The van der Waals surface area contributed by atoms with Crippen molar-refractivity contribution in [1.82, 2.24) is 5.32 Å². The monoisotopic (exact) mass is 127 g/mol. The second-order valence-electron chi connectivity index (χ2n) is 3.25. The molecule has 2 N–H and O–H groups in total. The summed E-state index contributed by atoms with van der Waals surface area (Å²) in [7, 11) is 0. The molecule has 0 unspecified atom stereocenters. The van der Waals surface area contributed by atoms with Gasteiger partial charge < -0.3 is 10.4 Å². The normalized spacial score (nSPS) is 49.7. The zero-order chi connectivity index (χ0) is 6.27. The minimum absolute atomic E-state index is 0.0197. The molecule has 0 radical (unpaired) electrons. The first kappa shape index (κ1) is 5.69. The van der Waals surface area contributed by atoms with Crippen molar-refractivity contribution in [2.24, 2.45) is 11.8 Å². The van der Waals surface area contributed by atoms with Crippen molar-refractivity contribution in [2.75, 3.05) is 13.1 Å². The van der Waals surface area contributed by atoms with Gasteiger partial charge in [-0.2, -0.15) is 0 Å². The number of aliphatic hydroxyl groups is 1. The van der Waals surface area contributed by atoms with E-state index in [0.29, 0.717) is 11.8 Å². The van der Waals surface area contributed by atoms with Gasteiger partial charge in [-0.1, -0.05) is 0 Å². The van der Waals surface area contributed by atoms with Gasteiger partial charge in [0.05, 0.1) is 6.10 Å². The van der Waals surface area contributed by atoms with Crippen molar-refractivity contribution in [3.05, 3.63) is 0 Å². The SMILES string of the molecule is OC1[C@@H]2CC[C@@H]1CNC2. The molecule has 1 aliphatic heterocycles. The van der Waals surface area contributed by atoms with E-state index in [9.17, 15) is 5.11 Å². The number of nitrogens with one attached hydrogen (secondary N) is 1. The summed E-state index contributed by atoms with van der Waals surface area (Å²) < 4.78 is 0. The van der Waals surface area contributed by atoms with E-state index in [2.05, 4.69) is 5.32 Å². The predicted octanol–water partition coefficient (Wildman–Crippen LogP) is -0.0233. The fourth-order valence-corrected chi connectivity index (χ4v) is 2.05. The van der Waals surface area contributed by atoms with Crippen molar-refractivity contribution in [3.63, 3.8) is 0 Å². The van der Waals surface area contributed by atoms with Crippen LogP contribution in [0.4, 0.5) is 0 Å². The molecule has 0 aromatic heterocycles. The summed E-state index contributed by atoms with van der Waals surface area (Å²) in [4.78, 5) is 0. The second-order valence-corrected chi connectivity index (χ2v) is 3.25. The van der Waals surface area contributed by atoms with E-state index in [1.807, 2.05) is 0 Å². The lowest BCUT2D eigenvalue weighted by atomic mass is 9.97. The first-order valence-corrected chi connectivity index (χ1v) is 3.76. The van der Waals surface area contributed by atoms with Crippen LogP contribution in [0.1, 0.15) is 12.8 Å². The molecule has 9 heavy (non-hydrogen) atoms. The number of rotatable bonds is 0. The zero-order valence-electron chi connectivity index (χ0n) is 5.51. The van der Waals surface area contributed by atoms with Crippen LogP contribution in [0.2, 0.25) is 0 Å². The van der Waals surface area contributed by atoms with Gasteiger partial charge in [0, 0.05) is 13.1 Å². The van der Waals surface area contributed by atoms with Crippen LogP contribution in [0, 0.1) is 11.8 Å². The van der Waals surface area contributed by atoms with Gasteiger partial charge in [-0.25, -0.2) is 0 Å². The molecule has 2 fully saturated rings. The largest absolute Gasteiger partial charge is 0.392 e. The molecule has 0 spiro atoms. The van der Waals surface area contributed by atoms with Gasteiger partial charge in [0.25, 0.3) is 0 Å². The van der Waals surface area contributed by atoms with E-state index in [1.165, 1.54) is 12.8 Å². The van der Waals surface area contributed by atoms with Gasteiger partial charge in [0.15, 0.2) is 0 Å². The number of piperidine rings is 1. The van der Waals surface area contributed by atoms with Crippen molar-refractivity contribution < 1.29 is 5.11 Å². The van der Waals surface area contributed by atoms with E-state index in [-0.39, 0.29) is 6.10 Å². The Bertz CT molecular complexity index is 99.5. The maximum atomic E-state index is 9.47. The maximum Gasteiger partial charge on any atom is 0.0620 e. The minimum atomic E-state index is 0.0197. The molecule has 2 atom stereocenters. The number of aliphatic hydroxyl groups excluding tert-OH is 1. The average molecular weight is 127 g/mol. The molecule has 0 amide bonds. The van der Waals surface area contributed by atoms with E-state index >= 15 is 0 Å². The third kappa shape index (κ3) is 0.775. The molecule has 52 valence electrons. The molecule has 1 saturated carbocycles. The fourth-order valence-electron chi connectivity index (χ4n) is 2.05. The number of hydrogen-bond donors (Lipinski definition) is 2. The van der Waals surface area contributed by atoms with Gasteiger partial charge in [0.2, 0.25) is 0 Å². The Balaban J connectivity index is 2.10. The van der Waals surface area contributed by atoms with Crippen LogP contribution < -0.4 is 5.32 Å². The lowest BCUT2D eigenvalue weighted by Crippen LogP contribution is -2.41. The quantitative estimate of drug-likeness (QED) is 0.479. The Labute approximate surface area is 55.3 Å². The summed E-state index contributed by atoms with van der Waals surface area (Å²) in [5.74, 6) is 1.15. The molecular weight excluding hydrogens is 114 g/mol. The Kier molecular flexibility index (Phi) is 1.24. The highest BCUT2D eigenvalue weighted by Gasteiger charge is 2.37. The molecule has 1 aliphatic carbocycles. The maximum absolute atomic E-state index is 9.47. The summed E-state index contributed by atoms with van der Waals surface area (Å²) in [6, 6.07) is 0.